The lowest BCUT2D eigenvalue weighted by Crippen LogP contribution is -1.92. The molecule has 2 aromatic rings. The van der Waals surface area contributed by atoms with Gasteiger partial charge in [0.15, 0.2) is 0 Å². The van der Waals surface area contributed by atoms with Crippen molar-refractivity contribution >= 4 is 10.8 Å². The van der Waals surface area contributed by atoms with Gasteiger partial charge >= 0.3 is 0 Å². The van der Waals surface area contributed by atoms with Crippen LogP contribution >= 0.6 is 0 Å². The monoisotopic (exact) mass is 203 g/mol. The molecule has 0 saturated heterocycles. The van der Waals surface area contributed by atoms with Gasteiger partial charge in [-0.15, -0.1) is 0 Å². The molecule has 0 amide bonds. The van der Waals surface area contributed by atoms with Crippen LogP contribution < -0.4 is 4.74 Å². The first-order chi connectivity index (χ1) is 7.35. The van der Waals surface area contributed by atoms with Crippen LogP contribution in [0.4, 0.5) is 0 Å². The smallest absolute Gasteiger partial charge is 0.221 e. The van der Waals surface area contributed by atoms with E-state index in [9.17, 15) is 0 Å². The van der Waals surface area contributed by atoms with Crippen molar-refractivity contribution in [1.29, 1.82) is 0 Å². The van der Waals surface area contributed by atoms with Crippen molar-refractivity contribution in [3.8, 4) is 5.88 Å². The number of aliphatic hydroxyl groups excluding tert-OH is 1. The second kappa shape index (κ2) is 4.28. The molecule has 1 heterocycles. The third kappa shape index (κ3) is 1.92. The number of aromatic nitrogens is 1. The van der Waals surface area contributed by atoms with Gasteiger partial charge in [-0.05, 0) is 29.5 Å². The normalized spacial score (nSPS) is 10.5. The van der Waals surface area contributed by atoms with Gasteiger partial charge < -0.3 is 9.84 Å². The Hall–Kier alpha value is -1.61. The second-order valence-corrected chi connectivity index (χ2v) is 3.35. The molecule has 0 unspecified atom stereocenters. The predicted molar refractivity (Wildman–Crippen MR) is 59.1 cm³/mol. The fourth-order valence-electron chi connectivity index (χ4n) is 1.64. The van der Waals surface area contributed by atoms with Gasteiger partial charge in [0.25, 0.3) is 0 Å². The van der Waals surface area contributed by atoms with Crippen molar-refractivity contribution in [2.75, 3.05) is 13.7 Å². The van der Waals surface area contributed by atoms with Crippen LogP contribution in [-0.2, 0) is 6.42 Å². The molecule has 3 heteroatoms. The molecule has 3 nitrogen and oxygen atoms in total. The van der Waals surface area contributed by atoms with Gasteiger partial charge in [-0.2, -0.15) is 0 Å². The number of pyridine rings is 1. The van der Waals surface area contributed by atoms with Crippen molar-refractivity contribution in [1.82, 2.24) is 4.98 Å². The standard InChI is InChI=1S/C12H13NO2/c1-15-12-11-8-9(5-7-14)2-3-10(11)4-6-13-12/h2-4,6,8,14H,5,7H2,1H3. The van der Waals surface area contributed by atoms with Crippen molar-refractivity contribution in [3.63, 3.8) is 0 Å². The number of fused-ring (bicyclic) bond motifs is 1. The summed E-state index contributed by atoms with van der Waals surface area (Å²) in [5.74, 6) is 0.632. The van der Waals surface area contributed by atoms with Crippen molar-refractivity contribution in [2.45, 2.75) is 6.42 Å². The number of hydrogen-bond acceptors (Lipinski definition) is 3. The fourth-order valence-corrected chi connectivity index (χ4v) is 1.64. The Morgan fingerprint density at radius 2 is 2.20 bits per heavy atom. The second-order valence-electron chi connectivity index (χ2n) is 3.35. The Balaban J connectivity index is 2.57. The highest BCUT2D eigenvalue weighted by Gasteiger charge is 2.02. The van der Waals surface area contributed by atoms with Gasteiger partial charge in [0.05, 0.1) is 7.11 Å². The quantitative estimate of drug-likeness (QED) is 0.826. The molecular weight excluding hydrogens is 190 g/mol. The average Bonchev–Trinajstić information content (AvgIpc) is 2.28. The van der Waals surface area contributed by atoms with E-state index < -0.39 is 0 Å². The van der Waals surface area contributed by atoms with E-state index in [-0.39, 0.29) is 6.61 Å². The molecule has 0 aliphatic heterocycles. The molecule has 2 rings (SSSR count). The van der Waals surface area contributed by atoms with Crippen LogP contribution in [0.1, 0.15) is 5.56 Å². The Bertz CT molecular complexity index is 468. The minimum atomic E-state index is 0.161. The summed E-state index contributed by atoms with van der Waals surface area (Å²) in [6.07, 6.45) is 2.39. The van der Waals surface area contributed by atoms with E-state index in [2.05, 4.69) is 4.98 Å². The maximum absolute atomic E-state index is 8.87. The number of rotatable bonds is 3. The highest BCUT2D eigenvalue weighted by molar-refractivity contribution is 5.87. The number of benzene rings is 1. The van der Waals surface area contributed by atoms with Gasteiger partial charge in [-0.25, -0.2) is 4.98 Å². The molecule has 0 radical (unpaired) electrons. The van der Waals surface area contributed by atoms with E-state index in [0.29, 0.717) is 12.3 Å². The van der Waals surface area contributed by atoms with E-state index in [1.807, 2.05) is 24.3 Å². The van der Waals surface area contributed by atoms with Gasteiger partial charge in [-0.1, -0.05) is 12.1 Å². The number of methoxy groups -OCH3 is 1. The summed E-state index contributed by atoms with van der Waals surface area (Å²) in [6.45, 7) is 0.161. The summed E-state index contributed by atoms with van der Waals surface area (Å²) in [4.78, 5) is 4.14. The van der Waals surface area contributed by atoms with Gasteiger partial charge in [0.1, 0.15) is 0 Å². The number of ether oxygens (including phenoxy) is 1. The Morgan fingerprint density at radius 1 is 1.33 bits per heavy atom. The zero-order chi connectivity index (χ0) is 10.7. The summed E-state index contributed by atoms with van der Waals surface area (Å²) in [7, 11) is 1.61. The molecule has 0 spiro atoms. The highest BCUT2D eigenvalue weighted by atomic mass is 16.5. The van der Waals surface area contributed by atoms with Crippen LogP contribution in [0.2, 0.25) is 0 Å². The average molecular weight is 203 g/mol. The van der Waals surface area contributed by atoms with Gasteiger partial charge in [0, 0.05) is 18.2 Å². The van der Waals surface area contributed by atoms with Crippen molar-refractivity contribution in [2.24, 2.45) is 0 Å². The summed E-state index contributed by atoms with van der Waals surface area (Å²) in [5.41, 5.74) is 1.09. The first kappa shape index (κ1) is 9.93. The number of aliphatic hydroxyl groups is 1. The lowest BCUT2D eigenvalue weighted by atomic mass is 10.1. The third-order valence-electron chi connectivity index (χ3n) is 2.39. The van der Waals surface area contributed by atoms with E-state index >= 15 is 0 Å². The van der Waals surface area contributed by atoms with Crippen LogP contribution in [0.5, 0.6) is 5.88 Å². The summed E-state index contributed by atoms with van der Waals surface area (Å²) >= 11 is 0. The summed E-state index contributed by atoms with van der Waals surface area (Å²) in [6, 6.07) is 7.99. The van der Waals surface area contributed by atoms with Crippen molar-refractivity contribution < 1.29 is 9.84 Å². The lowest BCUT2D eigenvalue weighted by Gasteiger charge is -2.05. The van der Waals surface area contributed by atoms with Gasteiger partial charge in [0.2, 0.25) is 5.88 Å². The third-order valence-corrected chi connectivity index (χ3v) is 2.39. The van der Waals surface area contributed by atoms with Gasteiger partial charge in [-0.3, -0.25) is 0 Å². The summed E-state index contributed by atoms with van der Waals surface area (Å²) in [5, 5.41) is 11.0. The van der Waals surface area contributed by atoms with Crippen LogP contribution in [-0.4, -0.2) is 23.8 Å². The maximum atomic E-state index is 8.87. The molecule has 15 heavy (non-hydrogen) atoms. The highest BCUT2D eigenvalue weighted by Crippen LogP contribution is 2.23. The van der Waals surface area contributed by atoms with E-state index in [0.717, 1.165) is 16.3 Å². The molecule has 0 aliphatic rings. The molecule has 0 saturated carbocycles. The minimum absolute atomic E-state index is 0.161. The Morgan fingerprint density at radius 3 is 2.93 bits per heavy atom. The van der Waals surface area contributed by atoms with E-state index in [1.54, 1.807) is 13.3 Å². The SMILES string of the molecule is COc1nccc2ccc(CCO)cc12. The molecule has 78 valence electrons. The molecule has 1 aromatic heterocycles. The molecule has 1 N–H and O–H groups in total. The lowest BCUT2D eigenvalue weighted by molar-refractivity contribution is 0.299. The zero-order valence-corrected chi connectivity index (χ0v) is 8.60. The fraction of sp³-hybridized carbons (Fsp3) is 0.250. The van der Waals surface area contributed by atoms with Crippen LogP contribution in [0.15, 0.2) is 30.5 Å². The molecule has 0 aliphatic carbocycles. The summed E-state index contributed by atoms with van der Waals surface area (Å²) < 4.78 is 5.19. The van der Waals surface area contributed by atoms with Crippen LogP contribution in [0.25, 0.3) is 10.8 Å². The number of hydrogen-bond donors (Lipinski definition) is 1. The van der Waals surface area contributed by atoms with E-state index in [1.165, 1.54) is 0 Å². The Labute approximate surface area is 88.3 Å². The zero-order valence-electron chi connectivity index (χ0n) is 8.60. The van der Waals surface area contributed by atoms with Crippen molar-refractivity contribution in [3.05, 3.63) is 36.0 Å². The van der Waals surface area contributed by atoms with Crippen LogP contribution in [0.3, 0.4) is 0 Å². The molecule has 1 aromatic carbocycles. The topological polar surface area (TPSA) is 42.4 Å². The molecule has 0 fully saturated rings. The first-order valence-electron chi connectivity index (χ1n) is 4.87. The maximum Gasteiger partial charge on any atom is 0.221 e. The Kier molecular flexibility index (Phi) is 2.83. The largest absolute Gasteiger partial charge is 0.481 e. The molecule has 0 bridgehead atoms. The molecule has 0 atom stereocenters. The number of nitrogens with zero attached hydrogens (tertiary/aromatic N) is 1. The first-order valence-corrected chi connectivity index (χ1v) is 4.87. The minimum Gasteiger partial charge on any atom is -0.481 e. The van der Waals surface area contributed by atoms with Crippen LogP contribution in [0, 0.1) is 0 Å². The van der Waals surface area contributed by atoms with E-state index in [4.69, 9.17) is 9.84 Å². The molecular formula is C12H13NO2. The predicted octanol–water partition coefficient (Wildman–Crippen LogP) is 1.78.